The van der Waals surface area contributed by atoms with Crippen molar-refractivity contribution < 1.29 is 27.0 Å². The Hall–Kier alpha value is -5.32. The molecule has 242 valence electrons. The van der Waals surface area contributed by atoms with E-state index in [9.17, 15) is 17.6 Å². The third-order valence-corrected chi connectivity index (χ3v) is 8.23. The number of fused-ring (bicyclic) bond motifs is 8. The first kappa shape index (κ1) is 31.3. The first-order chi connectivity index (χ1) is 23.2. The van der Waals surface area contributed by atoms with Crippen LogP contribution >= 0.6 is 0 Å². The van der Waals surface area contributed by atoms with E-state index in [1.54, 1.807) is 0 Å². The summed E-state index contributed by atoms with van der Waals surface area (Å²) < 4.78 is 68.4. The number of aromatic nitrogens is 4. The van der Waals surface area contributed by atoms with E-state index < -0.39 is 35.5 Å². The van der Waals surface area contributed by atoms with Gasteiger partial charge in [-0.1, -0.05) is 0 Å². The first-order valence-corrected chi connectivity index (χ1v) is 15.4. The van der Waals surface area contributed by atoms with Gasteiger partial charge >= 0.3 is 0 Å². The van der Waals surface area contributed by atoms with Crippen molar-refractivity contribution in [2.45, 2.75) is 39.3 Å². The van der Waals surface area contributed by atoms with Crippen LogP contribution in [0, 0.1) is 23.3 Å². The van der Waals surface area contributed by atoms with Gasteiger partial charge in [0.05, 0.1) is 48.2 Å². The van der Waals surface area contributed by atoms with Gasteiger partial charge in [0, 0.05) is 44.3 Å². The monoisotopic (exact) mass is 650 g/mol. The van der Waals surface area contributed by atoms with Gasteiger partial charge in [0.2, 0.25) is 0 Å². The van der Waals surface area contributed by atoms with E-state index in [1.165, 1.54) is 0 Å². The molecule has 0 saturated heterocycles. The minimum absolute atomic E-state index is 0.120. The molecule has 2 unspecified atom stereocenters. The summed E-state index contributed by atoms with van der Waals surface area (Å²) >= 11 is 0. The standard InChI is InChI=1S/C38H30F4N4O2/c1-21(47-19-23-11-25(39)3-9-35(23)41)33-15-31-14-29-6-5-27(43-29)13-28-7-8-30(44-28)17-37-34(16-32(46-37)18-38(33)45-31)22(2)48-20-24-12-26(40)4-10-36(24)42/h3-18,21-22,45-46H,19-20H2,1-2H3. The average Bonchev–Trinajstić information content (AvgIpc) is 3.86. The summed E-state index contributed by atoms with van der Waals surface area (Å²) in [5.41, 5.74) is 7.69. The van der Waals surface area contributed by atoms with Crippen LogP contribution in [0.15, 0.2) is 72.8 Å². The fraction of sp³-hybridized carbons (Fsp3) is 0.158. The summed E-state index contributed by atoms with van der Waals surface area (Å²) in [6.07, 6.45) is 6.61. The largest absolute Gasteiger partial charge is 0.369 e. The number of rotatable bonds is 8. The Labute approximate surface area is 273 Å². The Morgan fingerprint density at radius 3 is 1.50 bits per heavy atom. The minimum atomic E-state index is -0.546. The summed E-state index contributed by atoms with van der Waals surface area (Å²) in [6.45, 7) is 3.43. The molecule has 10 heteroatoms. The first-order valence-electron chi connectivity index (χ1n) is 15.4. The van der Waals surface area contributed by atoms with Crippen LogP contribution in [0.2, 0.25) is 0 Å². The smallest absolute Gasteiger partial charge is 0.128 e. The van der Waals surface area contributed by atoms with Crippen molar-refractivity contribution in [3.8, 4) is 0 Å². The lowest BCUT2D eigenvalue weighted by molar-refractivity contribution is 0.0516. The third kappa shape index (κ3) is 6.85. The van der Waals surface area contributed by atoms with Gasteiger partial charge < -0.3 is 19.4 Å². The lowest BCUT2D eigenvalue weighted by atomic mass is 10.1. The van der Waals surface area contributed by atoms with E-state index in [4.69, 9.17) is 19.4 Å². The van der Waals surface area contributed by atoms with Crippen LogP contribution in [0.25, 0.3) is 46.4 Å². The van der Waals surface area contributed by atoms with Gasteiger partial charge in [0.25, 0.3) is 0 Å². The topological polar surface area (TPSA) is 75.8 Å². The molecule has 0 fully saturated rings. The maximum Gasteiger partial charge on any atom is 0.128 e. The second kappa shape index (κ2) is 13.1. The van der Waals surface area contributed by atoms with E-state index in [2.05, 4.69) is 9.97 Å². The van der Waals surface area contributed by atoms with Crippen LogP contribution in [0.3, 0.4) is 0 Å². The average molecular weight is 651 g/mol. The number of nitrogens with one attached hydrogen (secondary N) is 2. The van der Waals surface area contributed by atoms with Crippen molar-refractivity contribution in [3.05, 3.63) is 141 Å². The number of hydrogen-bond donors (Lipinski definition) is 2. The molecule has 2 aromatic carbocycles. The van der Waals surface area contributed by atoms with Gasteiger partial charge in [-0.3, -0.25) is 0 Å². The van der Waals surface area contributed by atoms with E-state index in [1.807, 2.05) is 74.5 Å². The molecule has 5 aromatic rings. The fourth-order valence-electron chi connectivity index (χ4n) is 5.73. The zero-order chi connectivity index (χ0) is 33.4. The highest BCUT2D eigenvalue weighted by atomic mass is 19.1. The predicted molar refractivity (Wildman–Crippen MR) is 178 cm³/mol. The zero-order valence-electron chi connectivity index (χ0n) is 26.0. The Kier molecular flexibility index (Phi) is 8.51. The van der Waals surface area contributed by atoms with Gasteiger partial charge in [-0.05, 0) is 111 Å². The summed E-state index contributed by atoms with van der Waals surface area (Å²) in [4.78, 5) is 16.3. The van der Waals surface area contributed by atoms with Gasteiger partial charge in [-0.15, -0.1) is 0 Å². The minimum Gasteiger partial charge on any atom is -0.369 e. The third-order valence-electron chi connectivity index (χ3n) is 8.23. The second-order valence-corrected chi connectivity index (χ2v) is 11.7. The number of hydrogen-bond acceptors (Lipinski definition) is 4. The van der Waals surface area contributed by atoms with E-state index in [0.717, 1.165) is 86.7 Å². The normalized spacial score (nSPS) is 13.6. The van der Waals surface area contributed by atoms with Crippen LogP contribution in [0.4, 0.5) is 17.6 Å². The van der Waals surface area contributed by atoms with E-state index in [0.29, 0.717) is 5.69 Å². The highest BCUT2D eigenvalue weighted by molar-refractivity contribution is 5.79. The number of nitrogens with zero attached hydrogens (tertiary/aromatic N) is 2. The highest BCUT2D eigenvalue weighted by Gasteiger charge is 2.16. The quantitative estimate of drug-likeness (QED) is 0.161. The molecule has 2 N–H and O–H groups in total. The van der Waals surface area contributed by atoms with Crippen LogP contribution in [-0.4, -0.2) is 19.9 Å². The van der Waals surface area contributed by atoms with Crippen molar-refractivity contribution in [2.24, 2.45) is 0 Å². The number of benzene rings is 2. The highest BCUT2D eigenvalue weighted by Crippen LogP contribution is 2.30. The van der Waals surface area contributed by atoms with Gasteiger partial charge in [-0.25, -0.2) is 27.5 Å². The molecule has 3 aromatic heterocycles. The Balaban J connectivity index is 1.33. The van der Waals surface area contributed by atoms with Crippen LogP contribution in [0.5, 0.6) is 0 Å². The van der Waals surface area contributed by atoms with Crippen molar-refractivity contribution in [3.63, 3.8) is 0 Å². The maximum absolute atomic E-state index is 14.3. The molecule has 2 aliphatic heterocycles. The Morgan fingerprint density at radius 1 is 0.542 bits per heavy atom. The number of ether oxygens (including phenoxy) is 2. The van der Waals surface area contributed by atoms with Gasteiger partial charge in [-0.2, -0.15) is 0 Å². The molecular weight excluding hydrogens is 620 g/mol. The Bertz CT molecular complexity index is 2260. The molecule has 0 radical (unpaired) electrons. The lowest BCUT2D eigenvalue weighted by Gasteiger charge is -2.13. The summed E-state index contributed by atoms with van der Waals surface area (Å²) in [7, 11) is 0. The van der Waals surface area contributed by atoms with Crippen molar-refractivity contribution in [1.82, 2.24) is 19.9 Å². The number of aromatic amines is 2. The van der Waals surface area contributed by atoms with Crippen LogP contribution in [0.1, 0.15) is 71.1 Å². The molecule has 0 aliphatic carbocycles. The molecule has 2 aliphatic rings. The molecule has 7 rings (SSSR count). The molecule has 48 heavy (non-hydrogen) atoms. The van der Waals surface area contributed by atoms with Crippen molar-refractivity contribution in [2.75, 3.05) is 0 Å². The molecular formula is C38H30F4N4O2. The molecule has 8 bridgehead atoms. The molecule has 2 atom stereocenters. The Morgan fingerprint density at radius 2 is 0.979 bits per heavy atom. The molecule has 0 spiro atoms. The van der Waals surface area contributed by atoms with Crippen LogP contribution < -0.4 is 0 Å². The zero-order valence-corrected chi connectivity index (χ0v) is 26.0. The summed E-state index contributed by atoms with van der Waals surface area (Å²) in [5.74, 6) is -2.17. The van der Waals surface area contributed by atoms with Gasteiger partial charge in [0.15, 0.2) is 0 Å². The van der Waals surface area contributed by atoms with Crippen molar-refractivity contribution in [1.29, 1.82) is 0 Å². The van der Waals surface area contributed by atoms with Crippen LogP contribution in [-0.2, 0) is 22.7 Å². The summed E-state index contributed by atoms with van der Waals surface area (Å²) in [6, 6.07) is 18.0. The second-order valence-electron chi connectivity index (χ2n) is 11.7. The predicted octanol–water partition coefficient (Wildman–Crippen LogP) is 9.77. The van der Waals surface area contributed by atoms with Crippen molar-refractivity contribution >= 4 is 46.4 Å². The SMILES string of the molecule is CC(OCc1cc(F)ccc1F)c1cc2cc3[nH]c(cc4nc(cc5nc(cc1[nH]2)C=C5)C=C4)cc3C(C)OCc1cc(F)ccc1F. The number of H-pyrrole nitrogens is 2. The molecule has 6 nitrogen and oxygen atoms in total. The molecule has 0 saturated carbocycles. The molecule has 0 amide bonds. The van der Waals surface area contributed by atoms with Gasteiger partial charge in [0.1, 0.15) is 23.3 Å². The molecule has 5 heterocycles. The van der Waals surface area contributed by atoms with E-state index in [-0.39, 0.29) is 24.3 Å². The van der Waals surface area contributed by atoms with E-state index >= 15 is 0 Å². The summed E-state index contributed by atoms with van der Waals surface area (Å²) in [5, 5.41) is 0. The fourth-order valence-corrected chi connectivity index (χ4v) is 5.73. The number of halogens is 4. The maximum atomic E-state index is 14.3. The lowest BCUT2D eigenvalue weighted by Crippen LogP contribution is -2.02.